The first-order chi connectivity index (χ1) is 19.2. The lowest BCUT2D eigenvalue weighted by Crippen LogP contribution is -2.54. The monoisotopic (exact) mass is 647 g/mol. The van der Waals surface area contributed by atoms with Crippen molar-refractivity contribution in [2.45, 2.75) is 57.6 Å². The smallest absolute Gasteiger partial charge is 0.264 e. The van der Waals surface area contributed by atoms with E-state index in [4.69, 9.17) is 4.74 Å². The highest BCUT2D eigenvalue weighted by Gasteiger charge is 2.33. The summed E-state index contributed by atoms with van der Waals surface area (Å²) >= 11 is 3.39. The second-order valence-electron chi connectivity index (χ2n) is 10.5. The maximum absolute atomic E-state index is 13.9. The summed E-state index contributed by atoms with van der Waals surface area (Å²) < 4.78 is 48.7. The Morgan fingerprint density at radius 1 is 0.976 bits per heavy atom. The maximum Gasteiger partial charge on any atom is 0.264 e. The molecule has 220 valence electrons. The van der Waals surface area contributed by atoms with Gasteiger partial charge in [0, 0.05) is 16.6 Å². The third-order valence-corrected chi connectivity index (χ3v) is 8.36. The van der Waals surface area contributed by atoms with Crippen molar-refractivity contribution in [3.8, 4) is 5.75 Å². The molecule has 1 unspecified atom stereocenters. The van der Waals surface area contributed by atoms with Crippen molar-refractivity contribution in [3.05, 3.63) is 88.6 Å². The SMILES string of the molecule is CCOc1ccc(S(=O)(=O)N(CC(=O)N(Cc2ccc(Br)cc2)C(C)C(=O)NC(C)(C)C)c2ccc(F)cc2)cc1. The van der Waals surface area contributed by atoms with E-state index in [9.17, 15) is 22.4 Å². The van der Waals surface area contributed by atoms with Crippen molar-refractivity contribution in [3.63, 3.8) is 0 Å². The van der Waals surface area contributed by atoms with Crippen molar-refractivity contribution in [1.29, 1.82) is 0 Å². The number of hydrogen-bond donors (Lipinski definition) is 1. The van der Waals surface area contributed by atoms with E-state index in [1.54, 1.807) is 6.92 Å². The van der Waals surface area contributed by atoms with Gasteiger partial charge in [0.2, 0.25) is 11.8 Å². The lowest BCUT2D eigenvalue weighted by Gasteiger charge is -2.33. The lowest BCUT2D eigenvalue weighted by molar-refractivity contribution is -0.140. The van der Waals surface area contributed by atoms with Crippen LogP contribution in [0.2, 0.25) is 0 Å². The number of carbonyl (C=O) groups excluding carboxylic acids is 2. The van der Waals surface area contributed by atoms with Gasteiger partial charge in [-0.1, -0.05) is 28.1 Å². The average molecular weight is 649 g/mol. The van der Waals surface area contributed by atoms with E-state index >= 15 is 0 Å². The molecule has 0 bridgehead atoms. The Kier molecular flexibility index (Phi) is 10.5. The summed E-state index contributed by atoms with van der Waals surface area (Å²) in [6.07, 6.45) is 0. The third-order valence-electron chi connectivity index (χ3n) is 6.05. The van der Waals surface area contributed by atoms with Gasteiger partial charge in [-0.15, -0.1) is 0 Å². The molecule has 0 aliphatic rings. The number of ether oxygens (including phenoxy) is 1. The molecule has 2 amide bonds. The predicted molar refractivity (Wildman–Crippen MR) is 161 cm³/mol. The summed E-state index contributed by atoms with van der Waals surface area (Å²) in [5.74, 6) is -1.05. The Hall–Kier alpha value is -3.44. The Morgan fingerprint density at radius 2 is 1.56 bits per heavy atom. The van der Waals surface area contributed by atoms with Crippen molar-refractivity contribution < 1.29 is 27.1 Å². The molecular weight excluding hydrogens is 613 g/mol. The largest absolute Gasteiger partial charge is 0.494 e. The lowest BCUT2D eigenvalue weighted by atomic mass is 10.1. The van der Waals surface area contributed by atoms with E-state index < -0.39 is 39.9 Å². The zero-order valence-corrected chi connectivity index (χ0v) is 26.1. The van der Waals surface area contributed by atoms with Crippen molar-refractivity contribution >= 4 is 43.5 Å². The first-order valence-electron chi connectivity index (χ1n) is 13.1. The number of hydrogen-bond acceptors (Lipinski definition) is 5. The van der Waals surface area contributed by atoms with Gasteiger partial charge in [-0.3, -0.25) is 13.9 Å². The molecule has 3 aromatic rings. The summed E-state index contributed by atoms with van der Waals surface area (Å²) in [5, 5.41) is 2.89. The third kappa shape index (κ3) is 8.77. The summed E-state index contributed by atoms with van der Waals surface area (Å²) in [5.41, 5.74) is 0.304. The fraction of sp³-hybridized carbons (Fsp3) is 0.333. The van der Waals surface area contributed by atoms with Crippen LogP contribution in [0.1, 0.15) is 40.2 Å². The molecule has 41 heavy (non-hydrogen) atoms. The van der Waals surface area contributed by atoms with Crippen LogP contribution in [0.5, 0.6) is 5.75 Å². The Balaban J connectivity index is 2.02. The molecule has 1 N–H and O–H groups in total. The van der Waals surface area contributed by atoms with Gasteiger partial charge in [-0.25, -0.2) is 12.8 Å². The van der Waals surface area contributed by atoms with Crippen molar-refractivity contribution in [2.24, 2.45) is 0 Å². The van der Waals surface area contributed by atoms with Crippen LogP contribution in [0.3, 0.4) is 0 Å². The molecule has 11 heteroatoms. The minimum atomic E-state index is -4.28. The van der Waals surface area contributed by atoms with E-state index in [2.05, 4.69) is 21.2 Å². The molecule has 8 nitrogen and oxygen atoms in total. The van der Waals surface area contributed by atoms with Gasteiger partial charge in [0.25, 0.3) is 10.0 Å². The number of amides is 2. The number of halogens is 2. The van der Waals surface area contributed by atoms with E-state index in [0.29, 0.717) is 12.4 Å². The molecule has 0 fully saturated rings. The van der Waals surface area contributed by atoms with Gasteiger partial charge in [-0.05, 0) is 101 Å². The molecule has 0 spiro atoms. The molecule has 0 heterocycles. The summed E-state index contributed by atoms with van der Waals surface area (Å²) in [7, 11) is -4.28. The molecule has 0 aromatic heterocycles. The molecule has 0 saturated carbocycles. The molecule has 0 aliphatic heterocycles. The highest BCUT2D eigenvalue weighted by atomic mass is 79.9. The average Bonchev–Trinajstić information content (AvgIpc) is 2.91. The number of benzene rings is 3. The molecular formula is C30H35BrFN3O5S. The van der Waals surface area contributed by atoms with Crippen LogP contribution in [0, 0.1) is 5.82 Å². The second kappa shape index (κ2) is 13.5. The van der Waals surface area contributed by atoms with Crippen LogP contribution in [0.25, 0.3) is 0 Å². The molecule has 0 radical (unpaired) electrons. The van der Waals surface area contributed by atoms with Gasteiger partial charge in [-0.2, -0.15) is 0 Å². The number of nitrogens with zero attached hydrogens (tertiary/aromatic N) is 2. The van der Waals surface area contributed by atoms with Crippen LogP contribution >= 0.6 is 15.9 Å². The highest BCUT2D eigenvalue weighted by molar-refractivity contribution is 9.10. The van der Waals surface area contributed by atoms with Crippen molar-refractivity contribution in [1.82, 2.24) is 10.2 Å². The molecule has 0 saturated heterocycles. The van der Waals surface area contributed by atoms with E-state index in [-0.39, 0.29) is 23.0 Å². The minimum absolute atomic E-state index is 0.0607. The molecule has 3 rings (SSSR count). The van der Waals surface area contributed by atoms with Gasteiger partial charge < -0.3 is 15.0 Å². The zero-order valence-electron chi connectivity index (χ0n) is 23.7. The number of carbonyl (C=O) groups is 2. The van der Waals surface area contributed by atoms with E-state index in [1.165, 1.54) is 41.3 Å². The van der Waals surface area contributed by atoms with Gasteiger partial charge >= 0.3 is 0 Å². The van der Waals surface area contributed by atoms with Crippen LogP contribution < -0.4 is 14.4 Å². The van der Waals surface area contributed by atoms with Gasteiger partial charge in [0.05, 0.1) is 17.2 Å². The molecule has 1 atom stereocenters. The normalized spacial score (nSPS) is 12.4. The van der Waals surface area contributed by atoms with Gasteiger partial charge in [0.15, 0.2) is 0 Å². The number of sulfonamides is 1. The van der Waals surface area contributed by atoms with Crippen LogP contribution in [-0.4, -0.2) is 49.9 Å². The fourth-order valence-electron chi connectivity index (χ4n) is 3.98. The second-order valence-corrected chi connectivity index (χ2v) is 13.2. The molecule has 0 aliphatic carbocycles. The van der Waals surface area contributed by atoms with E-state index in [0.717, 1.165) is 26.5 Å². The Labute approximate surface area is 249 Å². The Bertz CT molecular complexity index is 1440. The van der Waals surface area contributed by atoms with Gasteiger partial charge in [0.1, 0.15) is 24.2 Å². The topological polar surface area (TPSA) is 96.0 Å². The maximum atomic E-state index is 13.9. The first-order valence-corrected chi connectivity index (χ1v) is 15.3. The summed E-state index contributed by atoms with van der Waals surface area (Å²) in [6, 6.07) is 17.0. The van der Waals surface area contributed by atoms with Crippen molar-refractivity contribution in [2.75, 3.05) is 17.5 Å². The van der Waals surface area contributed by atoms with Crippen LogP contribution in [0.4, 0.5) is 10.1 Å². The van der Waals surface area contributed by atoms with Crippen LogP contribution in [-0.2, 0) is 26.2 Å². The zero-order chi connectivity index (χ0) is 30.4. The summed E-state index contributed by atoms with van der Waals surface area (Å²) in [4.78, 5) is 28.3. The Morgan fingerprint density at radius 3 is 2.10 bits per heavy atom. The van der Waals surface area contributed by atoms with E-state index in [1.807, 2.05) is 52.0 Å². The summed E-state index contributed by atoms with van der Waals surface area (Å²) in [6.45, 7) is 8.76. The quantitative estimate of drug-likeness (QED) is 0.296. The highest BCUT2D eigenvalue weighted by Crippen LogP contribution is 2.26. The predicted octanol–water partition coefficient (Wildman–Crippen LogP) is 5.51. The minimum Gasteiger partial charge on any atom is -0.494 e. The van der Waals surface area contributed by atoms with Crippen LogP contribution in [0.15, 0.2) is 82.2 Å². The fourth-order valence-corrected chi connectivity index (χ4v) is 5.66. The number of rotatable bonds is 11. The number of nitrogens with one attached hydrogen (secondary N) is 1. The molecule has 3 aromatic carbocycles. The standard InChI is InChI=1S/C30H35BrFN3O5S/c1-6-40-26-15-17-27(18-16-26)41(38,39)35(25-13-11-24(32)12-14-25)20-28(36)34(19-22-7-9-23(31)10-8-22)21(2)29(37)33-30(3,4)5/h7-18,21H,6,19-20H2,1-5H3,(H,33,37). The first kappa shape index (κ1) is 32.1. The number of anilines is 1.